The molecule has 0 fully saturated rings. The minimum absolute atomic E-state index is 0.467. The summed E-state index contributed by atoms with van der Waals surface area (Å²) in [5, 5.41) is 13.8. The minimum Gasteiger partial charge on any atom is -0.386 e. The lowest BCUT2D eigenvalue weighted by Gasteiger charge is -2.22. The zero-order valence-corrected chi connectivity index (χ0v) is 10.9. The molecule has 0 radical (unpaired) electrons. The summed E-state index contributed by atoms with van der Waals surface area (Å²) >= 11 is 0. The van der Waals surface area contributed by atoms with Gasteiger partial charge in [-0.1, -0.05) is 37.3 Å². The van der Waals surface area contributed by atoms with Crippen molar-refractivity contribution in [1.82, 2.24) is 9.78 Å². The molecule has 1 heterocycles. The molecule has 0 amide bonds. The summed E-state index contributed by atoms with van der Waals surface area (Å²) in [6.45, 7) is 1.80. The van der Waals surface area contributed by atoms with Gasteiger partial charge in [-0.25, -0.2) is 0 Å². The van der Waals surface area contributed by atoms with Crippen molar-refractivity contribution in [1.29, 1.82) is 0 Å². The predicted octanol–water partition coefficient (Wildman–Crippen LogP) is 3.59. The largest absolute Gasteiger partial charge is 0.435 e. The van der Waals surface area contributed by atoms with Gasteiger partial charge in [0.05, 0.1) is 6.04 Å². The predicted molar refractivity (Wildman–Crippen MR) is 68.0 cm³/mol. The van der Waals surface area contributed by atoms with Gasteiger partial charge in [0.2, 0.25) is 0 Å². The molecule has 2 atom stereocenters. The number of hydrogen-bond acceptors (Lipinski definition) is 2. The van der Waals surface area contributed by atoms with E-state index >= 15 is 0 Å². The molecule has 108 valence electrons. The van der Waals surface area contributed by atoms with E-state index in [0.29, 0.717) is 12.0 Å². The van der Waals surface area contributed by atoms with Gasteiger partial charge in [-0.05, 0) is 18.1 Å². The van der Waals surface area contributed by atoms with Crippen molar-refractivity contribution in [2.75, 3.05) is 0 Å². The van der Waals surface area contributed by atoms with Crippen LogP contribution in [-0.2, 0) is 6.18 Å². The summed E-state index contributed by atoms with van der Waals surface area (Å²) in [5.74, 6) is 0. The number of aliphatic hydroxyl groups is 1. The smallest absolute Gasteiger partial charge is 0.386 e. The first-order valence-electron chi connectivity index (χ1n) is 6.29. The average Bonchev–Trinajstić information content (AvgIpc) is 2.90. The highest BCUT2D eigenvalue weighted by atomic mass is 19.4. The standard InChI is InChI=1S/C14H15F3N2O/c1-2-11(13(20)10-6-4-3-5-7-10)19-9-8-12(18-19)14(15,16)17/h3-9,11,13,20H,2H2,1H3. The molecular weight excluding hydrogens is 269 g/mol. The van der Waals surface area contributed by atoms with E-state index in [1.165, 1.54) is 10.9 Å². The highest BCUT2D eigenvalue weighted by molar-refractivity contribution is 5.18. The van der Waals surface area contributed by atoms with Crippen LogP contribution in [0.2, 0.25) is 0 Å². The van der Waals surface area contributed by atoms with Crippen LogP contribution in [0.5, 0.6) is 0 Å². The summed E-state index contributed by atoms with van der Waals surface area (Å²) in [6.07, 6.45) is -3.65. The summed E-state index contributed by atoms with van der Waals surface area (Å²) < 4.78 is 38.8. The fraction of sp³-hybridized carbons (Fsp3) is 0.357. The molecule has 1 N–H and O–H groups in total. The molecule has 1 aromatic heterocycles. The molecule has 20 heavy (non-hydrogen) atoms. The SMILES string of the molecule is CCC(C(O)c1ccccc1)n1ccc(C(F)(F)F)n1. The van der Waals surface area contributed by atoms with Crippen LogP contribution in [0.15, 0.2) is 42.6 Å². The number of alkyl halides is 3. The number of nitrogens with zero attached hydrogens (tertiary/aromatic N) is 2. The van der Waals surface area contributed by atoms with Crippen LogP contribution >= 0.6 is 0 Å². The molecule has 2 aromatic rings. The molecule has 0 spiro atoms. The van der Waals surface area contributed by atoms with Gasteiger partial charge in [-0.15, -0.1) is 0 Å². The summed E-state index contributed by atoms with van der Waals surface area (Å²) in [7, 11) is 0. The Morgan fingerprint density at radius 1 is 1.20 bits per heavy atom. The van der Waals surface area contributed by atoms with Crippen LogP contribution in [0.3, 0.4) is 0 Å². The van der Waals surface area contributed by atoms with E-state index in [1.807, 2.05) is 6.07 Å². The van der Waals surface area contributed by atoms with Crippen LogP contribution in [0.1, 0.15) is 36.7 Å². The molecule has 2 unspecified atom stereocenters. The van der Waals surface area contributed by atoms with E-state index in [2.05, 4.69) is 5.10 Å². The monoisotopic (exact) mass is 284 g/mol. The van der Waals surface area contributed by atoms with Crippen LogP contribution in [-0.4, -0.2) is 14.9 Å². The zero-order chi connectivity index (χ0) is 14.8. The maximum atomic E-state index is 12.6. The number of benzene rings is 1. The second-order valence-corrected chi connectivity index (χ2v) is 4.51. The average molecular weight is 284 g/mol. The van der Waals surface area contributed by atoms with Crippen molar-refractivity contribution in [3.8, 4) is 0 Å². The van der Waals surface area contributed by atoms with Crippen LogP contribution in [0, 0.1) is 0 Å². The summed E-state index contributed by atoms with van der Waals surface area (Å²) in [5.41, 5.74) is -0.292. The van der Waals surface area contributed by atoms with E-state index in [9.17, 15) is 18.3 Å². The molecule has 2 rings (SSSR count). The molecule has 0 aliphatic heterocycles. The molecule has 0 aliphatic rings. The van der Waals surface area contributed by atoms with Crippen molar-refractivity contribution in [3.05, 3.63) is 53.9 Å². The van der Waals surface area contributed by atoms with Crippen LogP contribution < -0.4 is 0 Å². The highest BCUT2D eigenvalue weighted by Gasteiger charge is 2.34. The lowest BCUT2D eigenvalue weighted by Crippen LogP contribution is -2.19. The van der Waals surface area contributed by atoms with Gasteiger partial charge in [0, 0.05) is 6.20 Å². The third kappa shape index (κ3) is 3.01. The molecule has 0 aliphatic carbocycles. The Bertz CT molecular complexity index is 551. The van der Waals surface area contributed by atoms with E-state index in [-0.39, 0.29) is 0 Å². The maximum absolute atomic E-state index is 12.6. The normalized spacial score (nSPS) is 15.1. The van der Waals surface area contributed by atoms with Crippen molar-refractivity contribution >= 4 is 0 Å². The maximum Gasteiger partial charge on any atom is 0.435 e. The van der Waals surface area contributed by atoms with Gasteiger partial charge in [0.25, 0.3) is 0 Å². The van der Waals surface area contributed by atoms with Crippen molar-refractivity contribution < 1.29 is 18.3 Å². The Kier molecular flexibility index (Phi) is 4.13. The fourth-order valence-corrected chi connectivity index (χ4v) is 2.10. The lowest BCUT2D eigenvalue weighted by atomic mass is 10.0. The molecule has 3 nitrogen and oxygen atoms in total. The second kappa shape index (κ2) is 5.66. The Balaban J connectivity index is 2.26. The molecule has 0 saturated carbocycles. The number of rotatable bonds is 4. The second-order valence-electron chi connectivity index (χ2n) is 4.51. The Morgan fingerprint density at radius 3 is 2.35 bits per heavy atom. The number of halogens is 3. The van der Waals surface area contributed by atoms with Gasteiger partial charge in [0.15, 0.2) is 5.69 Å². The number of hydrogen-bond donors (Lipinski definition) is 1. The molecular formula is C14H15F3N2O. The highest BCUT2D eigenvalue weighted by Crippen LogP contribution is 2.32. The first-order chi connectivity index (χ1) is 9.43. The van der Waals surface area contributed by atoms with E-state index in [0.717, 1.165) is 6.07 Å². The van der Waals surface area contributed by atoms with Crippen LogP contribution in [0.4, 0.5) is 13.2 Å². The number of aromatic nitrogens is 2. The van der Waals surface area contributed by atoms with E-state index in [1.54, 1.807) is 31.2 Å². The molecule has 1 aromatic carbocycles. The topological polar surface area (TPSA) is 38.0 Å². The van der Waals surface area contributed by atoms with Gasteiger partial charge < -0.3 is 5.11 Å². The molecule has 6 heteroatoms. The van der Waals surface area contributed by atoms with Gasteiger partial charge in [0.1, 0.15) is 6.10 Å². The lowest BCUT2D eigenvalue weighted by molar-refractivity contribution is -0.141. The first-order valence-corrected chi connectivity index (χ1v) is 6.29. The zero-order valence-electron chi connectivity index (χ0n) is 10.9. The van der Waals surface area contributed by atoms with Crippen molar-refractivity contribution in [2.24, 2.45) is 0 Å². The Hall–Kier alpha value is -1.82. The third-order valence-corrected chi connectivity index (χ3v) is 3.16. The first kappa shape index (κ1) is 14.6. The van der Waals surface area contributed by atoms with E-state index < -0.39 is 24.0 Å². The van der Waals surface area contributed by atoms with Gasteiger partial charge >= 0.3 is 6.18 Å². The quantitative estimate of drug-likeness (QED) is 0.931. The van der Waals surface area contributed by atoms with Crippen LogP contribution in [0.25, 0.3) is 0 Å². The van der Waals surface area contributed by atoms with Crippen molar-refractivity contribution in [2.45, 2.75) is 31.7 Å². The molecule has 0 saturated heterocycles. The van der Waals surface area contributed by atoms with Gasteiger partial charge in [-0.2, -0.15) is 18.3 Å². The number of aliphatic hydroxyl groups excluding tert-OH is 1. The molecule has 0 bridgehead atoms. The Morgan fingerprint density at radius 2 is 1.85 bits per heavy atom. The summed E-state index contributed by atoms with van der Waals surface area (Å²) in [6, 6.07) is 9.22. The van der Waals surface area contributed by atoms with Crippen molar-refractivity contribution in [3.63, 3.8) is 0 Å². The summed E-state index contributed by atoms with van der Waals surface area (Å²) in [4.78, 5) is 0. The van der Waals surface area contributed by atoms with Gasteiger partial charge in [-0.3, -0.25) is 4.68 Å². The fourth-order valence-electron chi connectivity index (χ4n) is 2.10. The third-order valence-electron chi connectivity index (χ3n) is 3.16. The van der Waals surface area contributed by atoms with E-state index in [4.69, 9.17) is 0 Å². The minimum atomic E-state index is -4.47. The Labute approximate surface area is 114 Å².